The number of hydrogen-bond acceptors (Lipinski definition) is 2. The molecule has 3 rings (SSSR count). The highest BCUT2D eigenvalue weighted by Crippen LogP contribution is 2.23. The van der Waals surface area contributed by atoms with Crippen molar-refractivity contribution >= 4 is 39.3 Å². The summed E-state index contributed by atoms with van der Waals surface area (Å²) in [6, 6.07) is 20.7. The third-order valence-electron chi connectivity index (χ3n) is 5.48. The van der Waals surface area contributed by atoms with E-state index in [9.17, 15) is 14.0 Å². The van der Waals surface area contributed by atoms with Crippen molar-refractivity contribution in [2.24, 2.45) is 0 Å². The van der Waals surface area contributed by atoms with Crippen LogP contribution in [0.1, 0.15) is 30.0 Å². The first-order valence-electron chi connectivity index (χ1n) is 11.2. The molecule has 0 aliphatic heterocycles. The fraction of sp³-hybridized carbons (Fsp3) is 0.259. The molecule has 0 saturated carbocycles. The van der Waals surface area contributed by atoms with Crippen LogP contribution in [0.25, 0.3) is 0 Å². The van der Waals surface area contributed by atoms with Crippen LogP contribution in [0, 0.1) is 5.82 Å². The van der Waals surface area contributed by atoms with Crippen molar-refractivity contribution in [3.8, 4) is 0 Å². The van der Waals surface area contributed by atoms with E-state index in [1.807, 2.05) is 61.5 Å². The van der Waals surface area contributed by atoms with Gasteiger partial charge < -0.3 is 10.2 Å². The molecule has 0 unspecified atom stereocenters. The van der Waals surface area contributed by atoms with Gasteiger partial charge in [0, 0.05) is 34.6 Å². The number of nitrogens with one attached hydrogen (secondary N) is 1. The summed E-state index contributed by atoms with van der Waals surface area (Å²) in [7, 11) is 0. The summed E-state index contributed by atoms with van der Waals surface area (Å²) in [6.45, 7) is 2.68. The Morgan fingerprint density at radius 1 is 1.00 bits per heavy atom. The monoisotopic (exact) mass is 544 g/mol. The Morgan fingerprint density at radius 3 is 2.35 bits per heavy atom. The second kappa shape index (κ2) is 12.7. The fourth-order valence-electron chi connectivity index (χ4n) is 3.66. The van der Waals surface area contributed by atoms with E-state index in [0.29, 0.717) is 13.0 Å². The molecule has 0 aliphatic rings. The maximum absolute atomic E-state index is 14.5. The average molecular weight is 546 g/mol. The summed E-state index contributed by atoms with van der Waals surface area (Å²) in [5, 5.41) is 3.12. The molecule has 34 heavy (non-hydrogen) atoms. The largest absolute Gasteiger partial charge is 0.354 e. The second-order valence-corrected chi connectivity index (χ2v) is 9.34. The lowest BCUT2D eigenvalue weighted by Gasteiger charge is -2.32. The summed E-state index contributed by atoms with van der Waals surface area (Å²) in [6.07, 6.45) is 0.868. The minimum atomic E-state index is -0.768. The summed E-state index contributed by atoms with van der Waals surface area (Å²) in [5.41, 5.74) is 1.91. The maximum atomic E-state index is 14.5. The van der Waals surface area contributed by atoms with E-state index in [4.69, 9.17) is 11.6 Å². The quantitative estimate of drug-likeness (QED) is 0.342. The lowest BCUT2D eigenvalue weighted by atomic mass is 10.0. The van der Waals surface area contributed by atoms with Crippen molar-refractivity contribution < 1.29 is 14.0 Å². The summed E-state index contributed by atoms with van der Waals surface area (Å²) >= 11 is 9.63. The van der Waals surface area contributed by atoms with Crippen molar-refractivity contribution in [1.82, 2.24) is 10.2 Å². The van der Waals surface area contributed by atoms with Crippen molar-refractivity contribution in [3.05, 3.63) is 105 Å². The lowest BCUT2D eigenvalue weighted by molar-refractivity contribution is -0.140. The molecule has 0 aromatic heterocycles. The van der Waals surface area contributed by atoms with Gasteiger partial charge in [-0.3, -0.25) is 9.59 Å². The van der Waals surface area contributed by atoms with Gasteiger partial charge in [-0.05, 0) is 41.8 Å². The van der Waals surface area contributed by atoms with Crippen LogP contribution in [0.4, 0.5) is 4.39 Å². The molecule has 1 N–H and O–H groups in total. The maximum Gasteiger partial charge on any atom is 0.243 e. The van der Waals surface area contributed by atoms with Gasteiger partial charge in [0.2, 0.25) is 11.8 Å². The third kappa shape index (κ3) is 7.15. The molecule has 1 atom stereocenters. The van der Waals surface area contributed by atoms with E-state index in [0.717, 1.165) is 22.0 Å². The third-order valence-corrected chi connectivity index (χ3v) is 6.36. The standard InChI is InChI=1S/C27H27BrClFN2O2/c1-2-15-31-27(34)25(16-19-7-4-3-5-8-19)32(18-20-11-13-21(28)14-12-20)26(33)17-22-23(29)9-6-10-24(22)30/h3-14,25H,2,15-18H2,1H3,(H,31,34)/t25-/m1/s1. The smallest absolute Gasteiger partial charge is 0.243 e. The number of carbonyl (C=O) groups is 2. The van der Waals surface area contributed by atoms with Gasteiger partial charge >= 0.3 is 0 Å². The molecule has 3 aromatic rings. The van der Waals surface area contributed by atoms with Crippen LogP contribution in [0.15, 0.2) is 77.3 Å². The van der Waals surface area contributed by atoms with Crippen LogP contribution in [-0.4, -0.2) is 29.3 Å². The molecular weight excluding hydrogens is 519 g/mol. The fourth-order valence-corrected chi connectivity index (χ4v) is 4.15. The predicted molar refractivity (Wildman–Crippen MR) is 137 cm³/mol. The molecule has 0 bridgehead atoms. The van der Waals surface area contributed by atoms with E-state index < -0.39 is 11.9 Å². The van der Waals surface area contributed by atoms with E-state index in [1.165, 1.54) is 17.0 Å². The Labute approximate surface area is 213 Å². The highest BCUT2D eigenvalue weighted by Gasteiger charge is 2.31. The topological polar surface area (TPSA) is 49.4 Å². The molecule has 3 aromatic carbocycles. The molecule has 178 valence electrons. The number of amides is 2. The van der Waals surface area contributed by atoms with Gasteiger partial charge in [0.25, 0.3) is 0 Å². The molecule has 7 heteroatoms. The number of rotatable bonds is 10. The molecule has 0 fully saturated rings. The predicted octanol–water partition coefficient (Wildman–Crippen LogP) is 5.95. The summed E-state index contributed by atoms with van der Waals surface area (Å²) in [4.78, 5) is 28.4. The van der Waals surface area contributed by atoms with Gasteiger partial charge in [-0.1, -0.05) is 83.0 Å². The Bertz CT molecular complexity index is 1090. The molecule has 0 aliphatic carbocycles. The van der Waals surface area contributed by atoms with Crippen LogP contribution < -0.4 is 5.32 Å². The van der Waals surface area contributed by atoms with Crippen molar-refractivity contribution in [2.75, 3.05) is 6.54 Å². The summed E-state index contributed by atoms with van der Waals surface area (Å²) in [5.74, 6) is -1.15. The highest BCUT2D eigenvalue weighted by atomic mass is 79.9. The second-order valence-electron chi connectivity index (χ2n) is 8.02. The van der Waals surface area contributed by atoms with Gasteiger partial charge in [-0.25, -0.2) is 4.39 Å². The van der Waals surface area contributed by atoms with Crippen molar-refractivity contribution in [2.45, 2.75) is 38.8 Å². The molecule has 0 spiro atoms. The number of carbonyl (C=O) groups excluding carboxylic acids is 2. The van der Waals surface area contributed by atoms with Gasteiger partial charge in [0.1, 0.15) is 11.9 Å². The van der Waals surface area contributed by atoms with Gasteiger partial charge in [-0.15, -0.1) is 0 Å². The van der Waals surface area contributed by atoms with Crippen LogP contribution >= 0.6 is 27.5 Å². The number of halogens is 3. The first kappa shape index (κ1) is 25.9. The average Bonchev–Trinajstić information content (AvgIpc) is 2.84. The lowest BCUT2D eigenvalue weighted by Crippen LogP contribution is -2.51. The molecular formula is C27H27BrClFN2O2. The van der Waals surface area contributed by atoms with E-state index in [1.54, 1.807) is 6.07 Å². The van der Waals surface area contributed by atoms with Gasteiger partial charge in [0.05, 0.1) is 6.42 Å². The normalized spacial score (nSPS) is 11.6. The summed E-state index contributed by atoms with van der Waals surface area (Å²) < 4.78 is 15.4. The van der Waals surface area contributed by atoms with Crippen LogP contribution in [0.5, 0.6) is 0 Å². The minimum Gasteiger partial charge on any atom is -0.354 e. The van der Waals surface area contributed by atoms with Gasteiger partial charge in [-0.2, -0.15) is 0 Å². The first-order valence-corrected chi connectivity index (χ1v) is 12.3. The Balaban J connectivity index is 1.98. The highest BCUT2D eigenvalue weighted by molar-refractivity contribution is 9.10. The number of benzene rings is 3. The Kier molecular flexibility index (Phi) is 9.66. The zero-order valence-electron chi connectivity index (χ0n) is 18.9. The SMILES string of the molecule is CCCNC(=O)[C@@H](Cc1ccccc1)N(Cc1ccc(Br)cc1)C(=O)Cc1c(F)cccc1Cl. The number of hydrogen-bond donors (Lipinski definition) is 1. The van der Waals surface area contributed by atoms with Crippen molar-refractivity contribution in [1.29, 1.82) is 0 Å². The minimum absolute atomic E-state index is 0.127. The Morgan fingerprint density at radius 2 is 1.71 bits per heavy atom. The first-order chi connectivity index (χ1) is 16.4. The van der Waals surface area contributed by atoms with Crippen LogP contribution in [-0.2, 0) is 29.0 Å². The Hall–Kier alpha value is -2.70. The van der Waals surface area contributed by atoms with E-state index >= 15 is 0 Å². The molecule has 0 heterocycles. The zero-order valence-corrected chi connectivity index (χ0v) is 21.3. The van der Waals surface area contributed by atoms with Crippen LogP contribution in [0.2, 0.25) is 5.02 Å². The molecule has 0 saturated heterocycles. The van der Waals surface area contributed by atoms with Crippen molar-refractivity contribution in [3.63, 3.8) is 0 Å². The van der Waals surface area contributed by atoms with Crippen LogP contribution in [0.3, 0.4) is 0 Å². The molecule has 0 radical (unpaired) electrons. The zero-order chi connectivity index (χ0) is 24.5. The van der Waals surface area contributed by atoms with E-state index in [2.05, 4.69) is 21.2 Å². The molecule has 4 nitrogen and oxygen atoms in total. The number of nitrogens with zero attached hydrogens (tertiary/aromatic N) is 1. The van der Waals surface area contributed by atoms with Gasteiger partial charge in [0.15, 0.2) is 0 Å². The van der Waals surface area contributed by atoms with E-state index in [-0.39, 0.29) is 35.4 Å². The molecule has 2 amide bonds.